The fourth-order valence-corrected chi connectivity index (χ4v) is 2.97. The van der Waals surface area contributed by atoms with E-state index in [1.165, 1.54) is 17.7 Å². The molecule has 1 aromatic rings. The molecule has 0 amide bonds. The van der Waals surface area contributed by atoms with Gasteiger partial charge in [0.05, 0.1) is 6.10 Å². The smallest absolute Gasteiger partial charge is 0.153 e. The van der Waals surface area contributed by atoms with Gasteiger partial charge < -0.3 is 15.0 Å². The largest absolute Gasteiger partial charge is 0.381 e. The van der Waals surface area contributed by atoms with Gasteiger partial charge >= 0.3 is 0 Å². The second-order valence-corrected chi connectivity index (χ2v) is 5.20. The molecule has 1 fully saturated rings. The Bertz CT molecular complexity index is 396. The van der Waals surface area contributed by atoms with Gasteiger partial charge in [0.1, 0.15) is 0 Å². The molecule has 1 aliphatic carbocycles. The van der Waals surface area contributed by atoms with E-state index < -0.39 is 0 Å². The first-order chi connectivity index (χ1) is 8.88. The molecule has 1 aliphatic heterocycles. The molecule has 1 unspecified atom stereocenters. The first-order valence-electron chi connectivity index (χ1n) is 6.93. The number of hydrogen-bond donors (Lipinski definition) is 2. The standard InChI is InChI=1S/C13H22N4O/c1-18-10-3-4-12-11(9-10)13(16-15-12)17-7-2-5-14-6-8-17/h10,14H,2-9H2,1H3,(H,15,16). The summed E-state index contributed by atoms with van der Waals surface area (Å²) in [5.74, 6) is 1.16. The molecule has 100 valence electrons. The first kappa shape index (κ1) is 12.0. The summed E-state index contributed by atoms with van der Waals surface area (Å²) in [7, 11) is 1.81. The van der Waals surface area contributed by atoms with E-state index in [2.05, 4.69) is 20.4 Å². The molecule has 1 saturated heterocycles. The number of hydrogen-bond acceptors (Lipinski definition) is 4. The van der Waals surface area contributed by atoms with Crippen LogP contribution >= 0.6 is 0 Å². The first-order valence-corrected chi connectivity index (χ1v) is 6.93. The van der Waals surface area contributed by atoms with Crippen molar-refractivity contribution in [2.24, 2.45) is 0 Å². The van der Waals surface area contributed by atoms with Gasteiger partial charge in [-0.1, -0.05) is 0 Å². The molecule has 5 heteroatoms. The number of nitrogens with one attached hydrogen (secondary N) is 2. The van der Waals surface area contributed by atoms with Gasteiger partial charge in [0.2, 0.25) is 0 Å². The highest BCUT2D eigenvalue weighted by atomic mass is 16.5. The lowest BCUT2D eigenvalue weighted by molar-refractivity contribution is 0.0909. The fourth-order valence-electron chi connectivity index (χ4n) is 2.97. The van der Waals surface area contributed by atoms with Crippen LogP contribution in [0.5, 0.6) is 0 Å². The van der Waals surface area contributed by atoms with Crippen LogP contribution in [0, 0.1) is 0 Å². The molecule has 0 aromatic carbocycles. The molecule has 1 atom stereocenters. The van der Waals surface area contributed by atoms with E-state index in [4.69, 9.17) is 4.74 Å². The average molecular weight is 250 g/mol. The van der Waals surface area contributed by atoms with Gasteiger partial charge in [0.15, 0.2) is 5.82 Å². The Labute approximate surface area is 108 Å². The number of anilines is 1. The lowest BCUT2D eigenvalue weighted by atomic mass is 9.94. The van der Waals surface area contributed by atoms with Gasteiger partial charge in [0.25, 0.3) is 0 Å². The Morgan fingerprint density at radius 3 is 3.17 bits per heavy atom. The molecule has 1 aromatic heterocycles. The molecular formula is C13H22N4O. The van der Waals surface area contributed by atoms with Crippen LogP contribution in [0.25, 0.3) is 0 Å². The minimum absolute atomic E-state index is 0.360. The van der Waals surface area contributed by atoms with E-state index in [-0.39, 0.29) is 0 Å². The lowest BCUT2D eigenvalue weighted by Gasteiger charge is -2.25. The number of ether oxygens (including phenoxy) is 1. The number of fused-ring (bicyclic) bond motifs is 1. The highest BCUT2D eigenvalue weighted by molar-refractivity contribution is 5.50. The molecule has 2 aliphatic rings. The minimum Gasteiger partial charge on any atom is -0.381 e. The van der Waals surface area contributed by atoms with Crippen LogP contribution in [0.15, 0.2) is 0 Å². The molecule has 0 bridgehead atoms. The summed E-state index contributed by atoms with van der Waals surface area (Å²) < 4.78 is 5.51. The molecule has 0 radical (unpaired) electrons. The maximum absolute atomic E-state index is 5.51. The van der Waals surface area contributed by atoms with E-state index in [1.54, 1.807) is 0 Å². The second-order valence-electron chi connectivity index (χ2n) is 5.20. The highest BCUT2D eigenvalue weighted by Gasteiger charge is 2.26. The van der Waals surface area contributed by atoms with E-state index in [0.717, 1.165) is 51.3 Å². The predicted molar refractivity (Wildman–Crippen MR) is 71.1 cm³/mol. The topological polar surface area (TPSA) is 53.2 Å². The van der Waals surface area contributed by atoms with Crippen molar-refractivity contribution < 1.29 is 4.74 Å². The number of aromatic nitrogens is 2. The summed E-state index contributed by atoms with van der Waals surface area (Å²) in [5, 5.41) is 11.2. The van der Waals surface area contributed by atoms with E-state index in [9.17, 15) is 0 Å². The quantitative estimate of drug-likeness (QED) is 0.812. The SMILES string of the molecule is COC1CCc2[nH]nc(N3CCCNCC3)c2C1. The number of H-pyrrole nitrogens is 1. The number of aryl methyl sites for hydroxylation is 1. The van der Waals surface area contributed by atoms with Crippen molar-refractivity contribution in [2.45, 2.75) is 31.8 Å². The summed E-state index contributed by atoms with van der Waals surface area (Å²) in [6.45, 7) is 4.32. The second kappa shape index (κ2) is 5.28. The minimum atomic E-state index is 0.360. The van der Waals surface area contributed by atoms with Gasteiger partial charge in [-0.2, -0.15) is 5.10 Å². The summed E-state index contributed by atoms with van der Waals surface area (Å²) in [6.07, 6.45) is 4.72. The van der Waals surface area contributed by atoms with Crippen molar-refractivity contribution in [2.75, 3.05) is 38.2 Å². The summed E-state index contributed by atoms with van der Waals surface area (Å²) in [4.78, 5) is 2.41. The van der Waals surface area contributed by atoms with Crippen LogP contribution in [0.2, 0.25) is 0 Å². The maximum Gasteiger partial charge on any atom is 0.153 e. The van der Waals surface area contributed by atoms with Gasteiger partial charge in [-0.15, -0.1) is 0 Å². The maximum atomic E-state index is 5.51. The Kier molecular flexibility index (Phi) is 3.52. The average Bonchev–Trinajstić information content (AvgIpc) is 2.64. The van der Waals surface area contributed by atoms with E-state index in [1.807, 2.05) is 7.11 Å². The lowest BCUT2D eigenvalue weighted by Crippen LogP contribution is -2.30. The van der Waals surface area contributed by atoms with Crippen molar-refractivity contribution in [1.29, 1.82) is 0 Å². The molecule has 3 rings (SSSR count). The van der Waals surface area contributed by atoms with E-state index in [0.29, 0.717) is 6.10 Å². The molecule has 2 N–H and O–H groups in total. The van der Waals surface area contributed by atoms with Gasteiger partial charge in [0, 0.05) is 44.4 Å². The van der Waals surface area contributed by atoms with Gasteiger partial charge in [-0.05, 0) is 25.8 Å². The highest BCUT2D eigenvalue weighted by Crippen LogP contribution is 2.29. The normalized spacial score (nSPS) is 24.7. The Balaban J connectivity index is 1.82. The number of methoxy groups -OCH3 is 1. The summed E-state index contributed by atoms with van der Waals surface area (Å²) >= 11 is 0. The van der Waals surface area contributed by atoms with Crippen molar-refractivity contribution in [3.8, 4) is 0 Å². The molecule has 0 saturated carbocycles. The number of rotatable bonds is 2. The van der Waals surface area contributed by atoms with Crippen LogP contribution in [0.3, 0.4) is 0 Å². The van der Waals surface area contributed by atoms with Gasteiger partial charge in [-0.3, -0.25) is 5.10 Å². The summed E-state index contributed by atoms with van der Waals surface area (Å²) in [5.41, 5.74) is 2.70. The summed E-state index contributed by atoms with van der Waals surface area (Å²) in [6, 6.07) is 0. The monoisotopic (exact) mass is 250 g/mol. The third kappa shape index (κ3) is 2.24. The molecule has 2 heterocycles. The van der Waals surface area contributed by atoms with Crippen molar-refractivity contribution >= 4 is 5.82 Å². The zero-order valence-electron chi connectivity index (χ0n) is 11.0. The Hall–Kier alpha value is -1.07. The zero-order chi connectivity index (χ0) is 12.4. The van der Waals surface area contributed by atoms with Crippen LogP contribution in [-0.4, -0.2) is 49.6 Å². The van der Waals surface area contributed by atoms with Crippen LogP contribution < -0.4 is 10.2 Å². The molecule has 18 heavy (non-hydrogen) atoms. The molecule has 5 nitrogen and oxygen atoms in total. The fraction of sp³-hybridized carbons (Fsp3) is 0.769. The van der Waals surface area contributed by atoms with E-state index >= 15 is 0 Å². The third-order valence-electron chi connectivity index (χ3n) is 4.05. The Morgan fingerprint density at radius 1 is 1.33 bits per heavy atom. The van der Waals surface area contributed by atoms with Crippen LogP contribution in [0.4, 0.5) is 5.82 Å². The van der Waals surface area contributed by atoms with Crippen molar-refractivity contribution in [1.82, 2.24) is 15.5 Å². The third-order valence-corrected chi connectivity index (χ3v) is 4.05. The molecule has 0 spiro atoms. The number of nitrogens with zero attached hydrogens (tertiary/aromatic N) is 2. The van der Waals surface area contributed by atoms with Crippen molar-refractivity contribution in [3.05, 3.63) is 11.3 Å². The zero-order valence-corrected chi connectivity index (χ0v) is 11.0. The van der Waals surface area contributed by atoms with Crippen LogP contribution in [0.1, 0.15) is 24.1 Å². The Morgan fingerprint density at radius 2 is 2.28 bits per heavy atom. The number of aromatic amines is 1. The van der Waals surface area contributed by atoms with Gasteiger partial charge in [-0.25, -0.2) is 0 Å². The molecular weight excluding hydrogens is 228 g/mol. The van der Waals surface area contributed by atoms with Crippen molar-refractivity contribution in [3.63, 3.8) is 0 Å². The van der Waals surface area contributed by atoms with Crippen LogP contribution in [-0.2, 0) is 17.6 Å². The predicted octanol–water partition coefficient (Wildman–Crippen LogP) is 0.713.